The molecule has 0 heterocycles. The summed E-state index contributed by atoms with van der Waals surface area (Å²) in [5.41, 5.74) is 0. The van der Waals surface area contributed by atoms with Crippen molar-refractivity contribution in [2.24, 2.45) is 23.7 Å². The summed E-state index contributed by atoms with van der Waals surface area (Å²) in [6.07, 6.45) is 44.5. The smallest absolute Gasteiger partial charge is 0.462 e. The number of carbonyl (C=O) groups excluding carboxylic acids is 4. The highest BCUT2D eigenvalue weighted by molar-refractivity contribution is 7.47. The lowest BCUT2D eigenvalue weighted by Crippen LogP contribution is -2.30. The molecule has 0 saturated heterocycles. The Balaban J connectivity index is 5.22. The first-order valence-corrected chi connectivity index (χ1v) is 40.2. The molecular formula is C72H140O17P2. The maximum Gasteiger partial charge on any atom is 0.472 e. The van der Waals surface area contributed by atoms with Gasteiger partial charge in [-0.25, -0.2) is 9.13 Å². The van der Waals surface area contributed by atoms with Gasteiger partial charge in [-0.1, -0.05) is 306 Å². The molecule has 0 amide bonds. The van der Waals surface area contributed by atoms with Crippen LogP contribution in [0.5, 0.6) is 0 Å². The van der Waals surface area contributed by atoms with Crippen molar-refractivity contribution in [2.75, 3.05) is 39.6 Å². The van der Waals surface area contributed by atoms with Gasteiger partial charge >= 0.3 is 39.5 Å². The monoisotopic (exact) mass is 1340 g/mol. The third-order valence-corrected chi connectivity index (χ3v) is 18.8. The zero-order chi connectivity index (χ0) is 67.5. The van der Waals surface area contributed by atoms with E-state index >= 15 is 0 Å². The Labute approximate surface area is 556 Å². The van der Waals surface area contributed by atoms with Crippen LogP contribution >= 0.6 is 15.6 Å². The number of hydrogen-bond acceptors (Lipinski definition) is 15. The van der Waals surface area contributed by atoms with Crippen LogP contribution in [0.2, 0.25) is 0 Å². The summed E-state index contributed by atoms with van der Waals surface area (Å²) in [6, 6.07) is 0. The molecule has 0 aliphatic rings. The molecule has 0 rings (SSSR count). The summed E-state index contributed by atoms with van der Waals surface area (Å²) in [7, 11) is -9.91. The fourth-order valence-corrected chi connectivity index (χ4v) is 12.4. The number of ether oxygens (including phenoxy) is 4. The molecule has 540 valence electrons. The molecule has 0 radical (unpaired) electrons. The molecule has 0 spiro atoms. The second-order valence-corrected chi connectivity index (χ2v) is 30.6. The number of phosphoric acid groups is 2. The Morgan fingerprint density at radius 2 is 0.527 bits per heavy atom. The molecule has 0 bridgehead atoms. The Kier molecular flexibility index (Phi) is 60.3. The standard InChI is InChI=1S/C72H140O17P2/c1-9-65(8)51-43-35-30-31-39-47-55-72(77)89-68(59-82-69(74)52-44-36-27-21-17-14-13-16-20-25-33-41-49-63(4)5)61-87-91(80,81)85-57-66(73)56-84-90(78,79)86-60-67(58-83-70(75)53-45-37-29-23-26-34-42-50-64(6)7)88-71(76)54-46-38-28-22-18-12-10-11-15-19-24-32-40-48-62(2)3/h62-68,73H,9-61H2,1-8H3,(H,78,79)(H,80,81)/t65?,66?,67-,68-/m1/s1. The van der Waals surface area contributed by atoms with Crippen LogP contribution in [-0.4, -0.2) is 96.7 Å². The Morgan fingerprint density at radius 1 is 0.308 bits per heavy atom. The van der Waals surface area contributed by atoms with Crippen LogP contribution in [0.25, 0.3) is 0 Å². The zero-order valence-electron chi connectivity index (χ0n) is 59.5. The molecule has 3 N–H and O–H groups in total. The molecule has 0 aromatic rings. The van der Waals surface area contributed by atoms with E-state index in [4.69, 9.17) is 37.0 Å². The van der Waals surface area contributed by atoms with Crippen LogP contribution in [0.4, 0.5) is 0 Å². The normalized spacial score (nSPS) is 14.5. The fraction of sp³-hybridized carbons (Fsp3) is 0.944. The van der Waals surface area contributed by atoms with E-state index in [1.54, 1.807) is 0 Å². The van der Waals surface area contributed by atoms with Gasteiger partial charge in [-0.05, 0) is 49.4 Å². The Morgan fingerprint density at radius 3 is 0.780 bits per heavy atom. The van der Waals surface area contributed by atoms with E-state index in [1.807, 2.05) is 0 Å². The predicted molar refractivity (Wildman–Crippen MR) is 367 cm³/mol. The van der Waals surface area contributed by atoms with Crippen LogP contribution < -0.4 is 0 Å². The molecule has 0 aromatic carbocycles. The third kappa shape index (κ3) is 65.1. The van der Waals surface area contributed by atoms with Crippen molar-refractivity contribution in [1.82, 2.24) is 0 Å². The predicted octanol–water partition coefficient (Wildman–Crippen LogP) is 20.5. The van der Waals surface area contributed by atoms with Crippen LogP contribution in [0.3, 0.4) is 0 Å². The Bertz CT molecular complexity index is 1800. The summed E-state index contributed by atoms with van der Waals surface area (Å²) in [6.45, 7) is 14.1. The number of aliphatic hydroxyl groups excluding tert-OH is 1. The van der Waals surface area contributed by atoms with Gasteiger partial charge in [-0.2, -0.15) is 0 Å². The molecule has 91 heavy (non-hydrogen) atoms. The fourth-order valence-electron chi connectivity index (χ4n) is 10.8. The second-order valence-electron chi connectivity index (χ2n) is 27.6. The first-order valence-electron chi connectivity index (χ1n) is 37.2. The largest absolute Gasteiger partial charge is 0.472 e. The zero-order valence-corrected chi connectivity index (χ0v) is 61.3. The summed E-state index contributed by atoms with van der Waals surface area (Å²) in [5, 5.41) is 10.6. The van der Waals surface area contributed by atoms with Crippen molar-refractivity contribution >= 4 is 39.5 Å². The average Bonchev–Trinajstić information content (AvgIpc) is 3.63. The van der Waals surface area contributed by atoms with Gasteiger partial charge in [-0.15, -0.1) is 0 Å². The second kappa shape index (κ2) is 61.6. The summed E-state index contributed by atoms with van der Waals surface area (Å²) >= 11 is 0. The van der Waals surface area contributed by atoms with Crippen LogP contribution in [0.15, 0.2) is 0 Å². The number of esters is 4. The maximum atomic E-state index is 13.0. The first kappa shape index (κ1) is 89.1. The minimum absolute atomic E-state index is 0.103. The summed E-state index contributed by atoms with van der Waals surface area (Å²) in [4.78, 5) is 72.6. The van der Waals surface area contributed by atoms with E-state index in [-0.39, 0.29) is 25.7 Å². The first-order chi connectivity index (χ1) is 43.6. The van der Waals surface area contributed by atoms with Crippen LogP contribution in [0, 0.1) is 23.7 Å². The quantitative estimate of drug-likeness (QED) is 0.0222. The lowest BCUT2D eigenvalue weighted by atomic mass is 10.00. The molecule has 0 fully saturated rings. The third-order valence-electron chi connectivity index (χ3n) is 16.9. The number of aliphatic hydroxyl groups is 1. The van der Waals surface area contributed by atoms with Crippen molar-refractivity contribution < 1.29 is 80.2 Å². The maximum absolute atomic E-state index is 13.0. The summed E-state index contributed by atoms with van der Waals surface area (Å²) in [5.74, 6) is 0.864. The topological polar surface area (TPSA) is 237 Å². The lowest BCUT2D eigenvalue weighted by molar-refractivity contribution is -0.161. The molecule has 0 aliphatic heterocycles. The van der Waals surface area contributed by atoms with E-state index in [0.717, 1.165) is 114 Å². The number of unbranched alkanes of at least 4 members (excludes halogenated alkanes) is 34. The lowest BCUT2D eigenvalue weighted by Gasteiger charge is -2.21. The van der Waals surface area contributed by atoms with E-state index in [9.17, 15) is 43.2 Å². The van der Waals surface area contributed by atoms with Crippen molar-refractivity contribution in [3.63, 3.8) is 0 Å². The highest BCUT2D eigenvalue weighted by Crippen LogP contribution is 2.45. The number of rotatable bonds is 69. The highest BCUT2D eigenvalue weighted by Gasteiger charge is 2.30. The highest BCUT2D eigenvalue weighted by atomic mass is 31.2. The van der Waals surface area contributed by atoms with E-state index in [2.05, 4.69) is 55.4 Å². The van der Waals surface area contributed by atoms with Crippen molar-refractivity contribution in [3.8, 4) is 0 Å². The van der Waals surface area contributed by atoms with Crippen LogP contribution in [0.1, 0.15) is 357 Å². The van der Waals surface area contributed by atoms with Gasteiger partial charge in [0.2, 0.25) is 0 Å². The minimum atomic E-state index is -4.95. The number of carbonyl (C=O) groups is 4. The van der Waals surface area contributed by atoms with Gasteiger partial charge < -0.3 is 33.8 Å². The number of hydrogen-bond donors (Lipinski definition) is 3. The molecule has 17 nitrogen and oxygen atoms in total. The van der Waals surface area contributed by atoms with Gasteiger partial charge in [0.1, 0.15) is 19.3 Å². The van der Waals surface area contributed by atoms with Gasteiger partial charge in [0.25, 0.3) is 0 Å². The molecule has 4 unspecified atom stereocenters. The summed E-state index contributed by atoms with van der Waals surface area (Å²) < 4.78 is 68.3. The van der Waals surface area contributed by atoms with E-state index in [0.29, 0.717) is 31.6 Å². The van der Waals surface area contributed by atoms with Crippen molar-refractivity contribution in [3.05, 3.63) is 0 Å². The molecule has 0 aliphatic carbocycles. The molecule has 6 atom stereocenters. The SMILES string of the molecule is CCC(C)CCCCCCCCC(=O)O[C@H](COC(=O)CCCCCCCCCCCCCCC(C)C)COP(=O)(O)OCC(O)COP(=O)(O)OC[C@@H](COC(=O)CCCCCCCCCC(C)C)OC(=O)CCCCCCCCCCCCCCCC(C)C. The molecule has 0 saturated carbocycles. The average molecular weight is 1340 g/mol. The van der Waals surface area contributed by atoms with E-state index in [1.165, 1.54) is 154 Å². The van der Waals surface area contributed by atoms with Crippen molar-refractivity contribution in [2.45, 2.75) is 375 Å². The van der Waals surface area contributed by atoms with E-state index < -0.39 is 97.5 Å². The molecule has 19 heteroatoms. The van der Waals surface area contributed by atoms with Gasteiger partial charge in [0.15, 0.2) is 12.2 Å². The molecule has 0 aromatic heterocycles. The minimum Gasteiger partial charge on any atom is -0.462 e. The number of phosphoric ester groups is 2. The van der Waals surface area contributed by atoms with Crippen molar-refractivity contribution in [1.29, 1.82) is 0 Å². The molecular weight excluding hydrogens is 1200 g/mol. The van der Waals surface area contributed by atoms with Gasteiger partial charge in [0, 0.05) is 25.7 Å². The van der Waals surface area contributed by atoms with Gasteiger partial charge in [0.05, 0.1) is 26.4 Å². The van der Waals surface area contributed by atoms with Crippen LogP contribution in [-0.2, 0) is 65.4 Å². The Hall–Kier alpha value is -1.94. The van der Waals surface area contributed by atoms with Gasteiger partial charge in [-0.3, -0.25) is 37.3 Å².